The first kappa shape index (κ1) is 13.1. The first-order valence-corrected chi connectivity index (χ1v) is 5.88. The van der Waals surface area contributed by atoms with Crippen molar-refractivity contribution in [1.29, 1.82) is 0 Å². The predicted molar refractivity (Wildman–Crippen MR) is 61.4 cm³/mol. The molecule has 1 aromatic rings. The lowest BCUT2D eigenvalue weighted by molar-refractivity contribution is -0.137. The zero-order chi connectivity index (χ0) is 13.2. The number of benzene rings is 1. The summed E-state index contributed by atoms with van der Waals surface area (Å²) in [4.78, 5) is 11.8. The summed E-state index contributed by atoms with van der Waals surface area (Å²) in [6.07, 6.45) is -2.20. The zero-order valence-electron chi connectivity index (χ0n) is 9.76. The number of nitrogens with one attached hydrogen (secondary N) is 1. The fourth-order valence-electron chi connectivity index (χ4n) is 1.78. The van der Waals surface area contributed by atoms with Crippen LogP contribution in [0.4, 0.5) is 13.2 Å². The lowest BCUT2D eigenvalue weighted by atomic mass is 10.0. The minimum atomic E-state index is -4.48. The molecule has 1 aliphatic carbocycles. The number of Topliss-reactive ketones (excluding diaryl/α,β-unsaturated/α-hetero) is 1. The van der Waals surface area contributed by atoms with Gasteiger partial charge in [0.2, 0.25) is 0 Å². The number of hydrogen-bond donors (Lipinski definition) is 1. The van der Waals surface area contributed by atoms with E-state index < -0.39 is 17.5 Å². The van der Waals surface area contributed by atoms with Crippen molar-refractivity contribution < 1.29 is 18.0 Å². The van der Waals surface area contributed by atoms with E-state index in [1.54, 1.807) is 0 Å². The second-order valence-electron chi connectivity index (χ2n) is 4.54. The van der Waals surface area contributed by atoms with Crippen molar-refractivity contribution in [3.05, 3.63) is 35.4 Å². The van der Waals surface area contributed by atoms with Gasteiger partial charge in [-0.15, -0.1) is 0 Å². The molecule has 0 bridgehead atoms. The van der Waals surface area contributed by atoms with Gasteiger partial charge in [0.1, 0.15) is 0 Å². The van der Waals surface area contributed by atoms with E-state index in [-0.39, 0.29) is 12.1 Å². The van der Waals surface area contributed by atoms with Crippen LogP contribution in [0.5, 0.6) is 0 Å². The highest BCUT2D eigenvalue weighted by Gasteiger charge is 2.34. The Morgan fingerprint density at radius 3 is 2.56 bits per heavy atom. The molecule has 0 spiro atoms. The van der Waals surface area contributed by atoms with Gasteiger partial charge >= 0.3 is 6.18 Å². The normalized spacial score (nSPS) is 15.7. The first-order valence-electron chi connectivity index (χ1n) is 5.88. The SMILES string of the molecule is O=C(CNCC1CC1)c1ccccc1C(F)(F)F. The van der Waals surface area contributed by atoms with E-state index in [1.807, 2.05) is 0 Å². The monoisotopic (exact) mass is 257 g/mol. The summed E-state index contributed by atoms with van der Waals surface area (Å²) in [5, 5.41) is 2.91. The molecule has 0 heterocycles. The number of carbonyl (C=O) groups excluding carboxylic acids is 1. The number of hydrogen-bond acceptors (Lipinski definition) is 2. The average molecular weight is 257 g/mol. The van der Waals surface area contributed by atoms with Crippen LogP contribution in [-0.2, 0) is 6.18 Å². The van der Waals surface area contributed by atoms with Gasteiger partial charge in [-0.1, -0.05) is 18.2 Å². The highest BCUT2D eigenvalue weighted by Crippen LogP contribution is 2.32. The highest BCUT2D eigenvalue weighted by atomic mass is 19.4. The van der Waals surface area contributed by atoms with E-state index in [0.29, 0.717) is 12.5 Å². The molecule has 1 aliphatic rings. The number of rotatable bonds is 5. The zero-order valence-corrected chi connectivity index (χ0v) is 9.76. The minimum Gasteiger partial charge on any atom is -0.309 e. The second-order valence-corrected chi connectivity index (χ2v) is 4.54. The molecule has 0 saturated heterocycles. The summed E-state index contributed by atoms with van der Waals surface area (Å²) in [6, 6.07) is 4.90. The summed E-state index contributed by atoms with van der Waals surface area (Å²) in [5.41, 5.74) is -1.11. The molecule has 0 aromatic heterocycles. The topological polar surface area (TPSA) is 29.1 Å². The van der Waals surface area contributed by atoms with Gasteiger partial charge in [0.05, 0.1) is 12.1 Å². The molecule has 1 saturated carbocycles. The van der Waals surface area contributed by atoms with Crippen molar-refractivity contribution in [3.63, 3.8) is 0 Å². The number of carbonyl (C=O) groups is 1. The van der Waals surface area contributed by atoms with Gasteiger partial charge in [0, 0.05) is 5.56 Å². The van der Waals surface area contributed by atoms with Crippen LogP contribution in [0.25, 0.3) is 0 Å². The van der Waals surface area contributed by atoms with E-state index in [0.717, 1.165) is 18.9 Å². The molecular weight excluding hydrogens is 243 g/mol. The minimum absolute atomic E-state index is 0.0381. The maximum Gasteiger partial charge on any atom is 0.417 e. The highest BCUT2D eigenvalue weighted by molar-refractivity contribution is 5.99. The van der Waals surface area contributed by atoms with Crippen LogP contribution in [0.3, 0.4) is 0 Å². The van der Waals surface area contributed by atoms with Gasteiger partial charge in [-0.25, -0.2) is 0 Å². The molecule has 2 rings (SSSR count). The van der Waals surface area contributed by atoms with Crippen LogP contribution in [-0.4, -0.2) is 18.9 Å². The molecule has 0 radical (unpaired) electrons. The Morgan fingerprint density at radius 2 is 1.94 bits per heavy atom. The summed E-state index contributed by atoms with van der Waals surface area (Å²) < 4.78 is 38.1. The summed E-state index contributed by atoms with van der Waals surface area (Å²) in [5.74, 6) is 0.0826. The molecule has 98 valence electrons. The van der Waals surface area contributed by atoms with Gasteiger partial charge in [-0.3, -0.25) is 4.79 Å². The fourth-order valence-corrected chi connectivity index (χ4v) is 1.78. The van der Waals surface area contributed by atoms with Crippen molar-refractivity contribution in [2.75, 3.05) is 13.1 Å². The Kier molecular flexibility index (Phi) is 3.71. The molecule has 0 aliphatic heterocycles. The van der Waals surface area contributed by atoms with Crippen LogP contribution < -0.4 is 5.32 Å². The third-order valence-corrected chi connectivity index (χ3v) is 2.95. The smallest absolute Gasteiger partial charge is 0.309 e. The van der Waals surface area contributed by atoms with Crippen molar-refractivity contribution in [2.24, 2.45) is 5.92 Å². The van der Waals surface area contributed by atoms with E-state index in [9.17, 15) is 18.0 Å². The third kappa shape index (κ3) is 3.32. The van der Waals surface area contributed by atoms with Crippen molar-refractivity contribution in [1.82, 2.24) is 5.32 Å². The van der Waals surface area contributed by atoms with Crippen LogP contribution in [0, 0.1) is 5.92 Å². The quantitative estimate of drug-likeness (QED) is 0.822. The van der Waals surface area contributed by atoms with Crippen molar-refractivity contribution in [3.8, 4) is 0 Å². The Bertz CT molecular complexity index is 438. The van der Waals surface area contributed by atoms with E-state index in [2.05, 4.69) is 5.32 Å². The van der Waals surface area contributed by atoms with Crippen LogP contribution in [0.1, 0.15) is 28.8 Å². The molecule has 5 heteroatoms. The van der Waals surface area contributed by atoms with Gasteiger partial charge in [-0.2, -0.15) is 13.2 Å². The molecule has 0 amide bonds. The van der Waals surface area contributed by atoms with Gasteiger partial charge in [0.15, 0.2) is 5.78 Å². The predicted octanol–water partition coefficient (Wildman–Crippen LogP) is 2.89. The lowest BCUT2D eigenvalue weighted by Gasteiger charge is -2.12. The summed E-state index contributed by atoms with van der Waals surface area (Å²) in [6.45, 7) is 0.670. The first-order chi connectivity index (χ1) is 8.48. The van der Waals surface area contributed by atoms with Crippen molar-refractivity contribution >= 4 is 5.78 Å². The summed E-state index contributed by atoms with van der Waals surface area (Å²) in [7, 11) is 0. The van der Waals surface area contributed by atoms with E-state index in [1.165, 1.54) is 18.2 Å². The van der Waals surface area contributed by atoms with E-state index in [4.69, 9.17) is 0 Å². The van der Waals surface area contributed by atoms with Crippen LogP contribution >= 0.6 is 0 Å². The second kappa shape index (κ2) is 5.10. The maximum absolute atomic E-state index is 12.7. The Balaban J connectivity index is 2.04. The number of halogens is 3. The molecule has 1 fully saturated rings. The Hall–Kier alpha value is -1.36. The average Bonchev–Trinajstić information content (AvgIpc) is 3.12. The molecule has 2 nitrogen and oxygen atoms in total. The lowest BCUT2D eigenvalue weighted by Crippen LogP contribution is -2.26. The van der Waals surface area contributed by atoms with E-state index >= 15 is 0 Å². The number of ketones is 1. The standard InChI is InChI=1S/C13H14F3NO/c14-13(15,16)11-4-2-1-3-10(11)12(18)8-17-7-9-5-6-9/h1-4,9,17H,5-8H2. The maximum atomic E-state index is 12.7. The van der Waals surface area contributed by atoms with Gasteiger partial charge < -0.3 is 5.32 Å². The molecule has 1 aromatic carbocycles. The molecule has 0 atom stereocenters. The molecule has 1 N–H and O–H groups in total. The molecule has 18 heavy (non-hydrogen) atoms. The Labute approximate surface area is 103 Å². The molecular formula is C13H14F3NO. The summed E-state index contributed by atoms with van der Waals surface area (Å²) >= 11 is 0. The van der Waals surface area contributed by atoms with Crippen LogP contribution in [0.2, 0.25) is 0 Å². The molecule has 0 unspecified atom stereocenters. The fraction of sp³-hybridized carbons (Fsp3) is 0.462. The van der Waals surface area contributed by atoms with Gasteiger partial charge in [-0.05, 0) is 31.4 Å². The third-order valence-electron chi connectivity index (χ3n) is 2.95. The van der Waals surface area contributed by atoms with Crippen LogP contribution in [0.15, 0.2) is 24.3 Å². The Morgan fingerprint density at radius 1 is 1.28 bits per heavy atom. The largest absolute Gasteiger partial charge is 0.417 e. The van der Waals surface area contributed by atoms with Gasteiger partial charge in [0.25, 0.3) is 0 Å². The number of alkyl halides is 3. The van der Waals surface area contributed by atoms with Crippen molar-refractivity contribution in [2.45, 2.75) is 19.0 Å².